The number of unbranched alkanes of at least 4 members (excludes halogenated alkanes) is 6. The highest BCUT2D eigenvalue weighted by Gasteiger charge is 2.02. The average molecular weight is 223 g/mol. The molecule has 0 amide bonds. The van der Waals surface area contributed by atoms with Crippen LogP contribution >= 0.6 is 0 Å². The van der Waals surface area contributed by atoms with Crippen LogP contribution in [0.25, 0.3) is 0 Å². The van der Waals surface area contributed by atoms with Crippen molar-refractivity contribution < 1.29 is 0 Å². The van der Waals surface area contributed by atoms with Gasteiger partial charge in [-0.1, -0.05) is 64.7 Å². The third kappa shape index (κ3) is 10.1. The predicted octanol–water partition coefficient (Wildman–Crippen LogP) is 4.13. The largest absolute Gasteiger partial charge is 0.304 e. The summed E-state index contributed by atoms with van der Waals surface area (Å²) in [7, 11) is 0. The van der Waals surface area contributed by atoms with Crippen LogP contribution in [0.15, 0.2) is 0 Å². The van der Waals surface area contributed by atoms with E-state index in [1.54, 1.807) is 0 Å². The first-order chi connectivity index (χ1) is 7.85. The van der Waals surface area contributed by atoms with Gasteiger partial charge in [0.05, 0.1) is 6.04 Å². The summed E-state index contributed by atoms with van der Waals surface area (Å²) >= 11 is 0. The molecular formula is C15H29N. The molecule has 0 bridgehead atoms. The SMILES string of the molecule is C#CC(CCCCCCCCC)NCCC. The molecule has 1 nitrogen and oxygen atoms in total. The Hall–Kier alpha value is -0.480. The molecule has 16 heavy (non-hydrogen) atoms. The van der Waals surface area contributed by atoms with Gasteiger partial charge in [0.25, 0.3) is 0 Å². The molecule has 0 radical (unpaired) electrons. The molecular weight excluding hydrogens is 194 g/mol. The summed E-state index contributed by atoms with van der Waals surface area (Å²) < 4.78 is 0. The first kappa shape index (κ1) is 15.5. The van der Waals surface area contributed by atoms with E-state index in [0.717, 1.165) is 19.4 Å². The lowest BCUT2D eigenvalue weighted by Gasteiger charge is -2.11. The van der Waals surface area contributed by atoms with Gasteiger partial charge >= 0.3 is 0 Å². The maximum absolute atomic E-state index is 5.48. The minimum atomic E-state index is 0.301. The summed E-state index contributed by atoms with van der Waals surface area (Å²) in [6.07, 6.45) is 17.3. The van der Waals surface area contributed by atoms with E-state index in [1.807, 2.05) is 0 Å². The van der Waals surface area contributed by atoms with Crippen LogP contribution in [0.5, 0.6) is 0 Å². The van der Waals surface area contributed by atoms with E-state index in [4.69, 9.17) is 6.42 Å². The molecule has 0 aliphatic heterocycles. The van der Waals surface area contributed by atoms with E-state index in [1.165, 1.54) is 44.9 Å². The van der Waals surface area contributed by atoms with Gasteiger partial charge in [0.1, 0.15) is 0 Å². The zero-order valence-corrected chi connectivity index (χ0v) is 11.2. The van der Waals surface area contributed by atoms with Crippen molar-refractivity contribution in [2.75, 3.05) is 6.54 Å². The lowest BCUT2D eigenvalue weighted by Crippen LogP contribution is -2.28. The van der Waals surface area contributed by atoms with Crippen molar-refractivity contribution in [3.8, 4) is 12.3 Å². The second kappa shape index (κ2) is 12.6. The fourth-order valence-corrected chi connectivity index (χ4v) is 1.87. The molecule has 0 aromatic rings. The minimum Gasteiger partial charge on any atom is -0.304 e. The van der Waals surface area contributed by atoms with Crippen molar-refractivity contribution >= 4 is 0 Å². The summed E-state index contributed by atoms with van der Waals surface area (Å²) in [5, 5.41) is 3.39. The van der Waals surface area contributed by atoms with Gasteiger partial charge < -0.3 is 5.32 Å². The Labute approximate surface area is 102 Å². The third-order valence-corrected chi connectivity index (χ3v) is 2.94. The molecule has 0 fully saturated rings. The van der Waals surface area contributed by atoms with Gasteiger partial charge in [0, 0.05) is 0 Å². The molecule has 0 saturated carbocycles. The molecule has 94 valence electrons. The van der Waals surface area contributed by atoms with Crippen LogP contribution in [0.2, 0.25) is 0 Å². The van der Waals surface area contributed by atoms with Gasteiger partial charge in [-0.2, -0.15) is 0 Å². The quantitative estimate of drug-likeness (QED) is 0.410. The fourth-order valence-electron chi connectivity index (χ4n) is 1.87. The van der Waals surface area contributed by atoms with E-state index in [0.29, 0.717) is 6.04 Å². The molecule has 0 saturated heterocycles. The zero-order valence-electron chi connectivity index (χ0n) is 11.2. The molecule has 0 aliphatic rings. The van der Waals surface area contributed by atoms with Crippen LogP contribution in [0, 0.1) is 12.3 Å². The molecule has 0 spiro atoms. The van der Waals surface area contributed by atoms with Crippen molar-refractivity contribution in [3.63, 3.8) is 0 Å². The molecule has 0 rings (SSSR count). The van der Waals surface area contributed by atoms with E-state index in [2.05, 4.69) is 25.1 Å². The smallest absolute Gasteiger partial charge is 0.0686 e. The summed E-state index contributed by atoms with van der Waals surface area (Å²) in [5.41, 5.74) is 0. The Bertz CT molecular complexity index is 169. The van der Waals surface area contributed by atoms with Crippen LogP contribution in [0.3, 0.4) is 0 Å². The number of hydrogen-bond acceptors (Lipinski definition) is 1. The van der Waals surface area contributed by atoms with E-state index < -0.39 is 0 Å². The van der Waals surface area contributed by atoms with Crippen LogP contribution in [-0.2, 0) is 0 Å². The summed E-state index contributed by atoms with van der Waals surface area (Å²) in [6.45, 7) is 5.48. The lowest BCUT2D eigenvalue weighted by atomic mass is 10.1. The number of nitrogens with one attached hydrogen (secondary N) is 1. The van der Waals surface area contributed by atoms with Crippen LogP contribution < -0.4 is 5.32 Å². The Morgan fingerprint density at radius 3 is 2.12 bits per heavy atom. The summed E-state index contributed by atoms with van der Waals surface area (Å²) in [5.74, 6) is 2.84. The highest BCUT2D eigenvalue weighted by molar-refractivity contribution is 4.98. The monoisotopic (exact) mass is 223 g/mol. The van der Waals surface area contributed by atoms with Crippen molar-refractivity contribution in [1.29, 1.82) is 0 Å². The van der Waals surface area contributed by atoms with Gasteiger partial charge in [-0.3, -0.25) is 0 Å². The molecule has 0 aromatic heterocycles. The second-order valence-electron chi connectivity index (χ2n) is 4.58. The summed E-state index contributed by atoms with van der Waals surface area (Å²) in [6, 6.07) is 0.301. The number of rotatable bonds is 11. The number of terminal acetylenes is 1. The molecule has 0 aromatic carbocycles. The van der Waals surface area contributed by atoms with Gasteiger partial charge in [-0.15, -0.1) is 6.42 Å². The standard InChI is InChI=1S/C15H29N/c1-4-7-8-9-10-11-12-13-15(6-3)16-14-5-2/h3,15-16H,4-5,7-14H2,1-2H3. The normalized spacial score (nSPS) is 12.3. The molecule has 1 unspecified atom stereocenters. The predicted molar refractivity (Wildman–Crippen MR) is 73.5 cm³/mol. The molecule has 0 heterocycles. The van der Waals surface area contributed by atoms with Crippen molar-refractivity contribution in [2.24, 2.45) is 0 Å². The highest BCUT2D eigenvalue weighted by atomic mass is 14.9. The summed E-state index contributed by atoms with van der Waals surface area (Å²) in [4.78, 5) is 0. The van der Waals surface area contributed by atoms with Crippen LogP contribution in [-0.4, -0.2) is 12.6 Å². The lowest BCUT2D eigenvalue weighted by molar-refractivity contribution is 0.515. The van der Waals surface area contributed by atoms with Crippen molar-refractivity contribution in [1.82, 2.24) is 5.32 Å². The highest BCUT2D eigenvalue weighted by Crippen LogP contribution is 2.09. The van der Waals surface area contributed by atoms with E-state index in [9.17, 15) is 0 Å². The first-order valence-electron chi connectivity index (χ1n) is 7.04. The third-order valence-electron chi connectivity index (χ3n) is 2.94. The maximum Gasteiger partial charge on any atom is 0.0686 e. The van der Waals surface area contributed by atoms with Crippen molar-refractivity contribution in [2.45, 2.75) is 77.7 Å². The van der Waals surface area contributed by atoms with Gasteiger partial charge in [-0.25, -0.2) is 0 Å². The average Bonchev–Trinajstić information content (AvgIpc) is 2.32. The number of hydrogen-bond donors (Lipinski definition) is 1. The van der Waals surface area contributed by atoms with Crippen LogP contribution in [0.4, 0.5) is 0 Å². The Kier molecular flexibility index (Phi) is 12.2. The fraction of sp³-hybridized carbons (Fsp3) is 0.867. The van der Waals surface area contributed by atoms with E-state index >= 15 is 0 Å². The Morgan fingerprint density at radius 2 is 1.56 bits per heavy atom. The molecule has 0 aliphatic carbocycles. The minimum absolute atomic E-state index is 0.301. The molecule has 1 heteroatoms. The van der Waals surface area contributed by atoms with Gasteiger partial charge in [0.15, 0.2) is 0 Å². The zero-order chi connectivity index (χ0) is 12.1. The van der Waals surface area contributed by atoms with Gasteiger partial charge in [0.2, 0.25) is 0 Å². The molecule has 1 atom stereocenters. The van der Waals surface area contributed by atoms with Gasteiger partial charge in [-0.05, 0) is 19.4 Å². The topological polar surface area (TPSA) is 12.0 Å². The Balaban J connectivity index is 3.25. The van der Waals surface area contributed by atoms with E-state index in [-0.39, 0.29) is 0 Å². The van der Waals surface area contributed by atoms with Crippen molar-refractivity contribution in [3.05, 3.63) is 0 Å². The maximum atomic E-state index is 5.48. The first-order valence-corrected chi connectivity index (χ1v) is 7.04. The van der Waals surface area contributed by atoms with Crippen LogP contribution in [0.1, 0.15) is 71.6 Å². The Morgan fingerprint density at radius 1 is 0.938 bits per heavy atom. The second-order valence-corrected chi connectivity index (χ2v) is 4.58. The molecule has 1 N–H and O–H groups in total.